The predicted molar refractivity (Wildman–Crippen MR) is 85.8 cm³/mol. The van der Waals surface area contributed by atoms with Gasteiger partial charge < -0.3 is 9.16 Å². The molecule has 0 spiro atoms. The molecule has 0 heterocycles. The molecule has 0 aliphatic heterocycles. The first-order valence-electron chi connectivity index (χ1n) is 7.02. The van der Waals surface area contributed by atoms with Crippen LogP contribution in [0.15, 0.2) is 12.7 Å². The molecular formula is C16H30O2Si. The van der Waals surface area contributed by atoms with Crippen molar-refractivity contribution in [3.05, 3.63) is 12.7 Å². The summed E-state index contributed by atoms with van der Waals surface area (Å²) in [6.45, 7) is 18.3. The average Bonchev–Trinajstić information content (AvgIpc) is 2.31. The van der Waals surface area contributed by atoms with Gasteiger partial charge in [-0.1, -0.05) is 32.8 Å². The van der Waals surface area contributed by atoms with Crippen LogP contribution in [-0.2, 0) is 9.16 Å². The van der Waals surface area contributed by atoms with Crippen LogP contribution in [-0.4, -0.2) is 27.6 Å². The molecule has 0 aliphatic rings. The van der Waals surface area contributed by atoms with Crippen LogP contribution >= 0.6 is 0 Å². The molecule has 1 unspecified atom stereocenters. The van der Waals surface area contributed by atoms with E-state index in [0.717, 1.165) is 19.4 Å². The van der Waals surface area contributed by atoms with E-state index >= 15 is 0 Å². The second-order valence-corrected chi connectivity index (χ2v) is 11.1. The molecule has 1 atom stereocenters. The molecule has 0 bridgehead atoms. The Hall–Kier alpha value is -0.563. The molecular weight excluding hydrogens is 252 g/mol. The van der Waals surface area contributed by atoms with Gasteiger partial charge in [-0.15, -0.1) is 12.5 Å². The van der Waals surface area contributed by atoms with Crippen molar-refractivity contribution in [3.63, 3.8) is 0 Å². The highest BCUT2D eigenvalue weighted by molar-refractivity contribution is 6.74. The minimum atomic E-state index is -1.61. The van der Waals surface area contributed by atoms with Crippen molar-refractivity contribution in [3.8, 4) is 11.8 Å². The van der Waals surface area contributed by atoms with Crippen LogP contribution in [0.1, 0.15) is 40.5 Å². The maximum absolute atomic E-state index is 6.14. The maximum atomic E-state index is 6.14. The van der Waals surface area contributed by atoms with Crippen LogP contribution in [0.2, 0.25) is 18.1 Å². The van der Waals surface area contributed by atoms with Crippen molar-refractivity contribution in [1.82, 2.24) is 0 Å². The molecule has 0 aromatic carbocycles. The molecule has 0 saturated heterocycles. The second-order valence-electron chi connectivity index (χ2n) is 6.26. The largest absolute Gasteiger partial charge is 0.417 e. The molecule has 2 nitrogen and oxygen atoms in total. The average molecular weight is 282 g/mol. The molecule has 0 radical (unpaired) electrons. The van der Waals surface area contributed by atoms with Gasteiger partial charge >= 0.3 is 0 Å². The fourth-order valence-corrected chi connectivity index (χ4v) is 2.41. The molecule has 0 saturated carbocycles. The Balaban J connectivity index is 3.94. The molecule has 0 N–H and O–H groups in total. The first-order valence-corrected chi connectivity index (χ1v) is 9.93. The van der Waals surface area contributed by atoms with E-state index in [1.165, 1.54) is 0 Å². The van der Waals surface area contributed by atoms with Gasteiger partial charge in [-0.3, -0.25) is 0 Å². The SMILES string of the molecule is C=CC(CCCO[Si](C)(C)C(C)(C)C)OCC#CC. The van der Waals surface area contributed by atoms with Gasteiger partial charge in [0.2, 0.25) is 0 Å². The highest BCUT2D eigenvalue weighted by atomic mass is 28.4. The van der Waals surface area contributed by atoms with Gasteiger partial charge in [0.15, 0.2) is 8.32 Å². The number of hydrogen-bond donors (Lipinski definition) is 0. The van der Waals surface area contributed by atoms with Crippen LogP contribution < -0.4 is 0 Å². The number of ether oxygens (including phenoxy) is 1. The van der Waals surface area contributed by atoms with Gasteiger partial charge in [-0.05, 0) is 37.9 Å². The van der Waals surface area contributed by atoms with Gasteiger partial charge in [-0.25, -0.2) is 0 Å². The summed E-state index contributed by atoms with van der Waals surface area (Å²) in [6, 6.07) is 0. The van der Waals surface area contributed by atoms with E-state index in [2.05, 4.69) is 52.3 Å². The first kappa shape index (κ1) is 18.4. The van der Waals surface area contributed by atoms with Crippen LogP contribution in [0.4, 0.5) is 0 Å². The zero-order valence-electron chi connectivity index (χ0n) is 13.5. The summed E-state index contributed by atoms with van der Waals surface area (Å²) in [4.78, 5) is 0. The Kier molecular flexibility index (Phi) is 8.32. The van der Waals surface area contributed by atoms with Crippen molar-refractivity contribution in [1.29, 1.82) is 0 Å². The van der Waals surface area contributed by atoms with E-state index in [0.29, 0.717) is 6.61 Å². The Bertz CT molecular complexity index is 318. The fourth-order valence-electron chi connectivity index (χ4n) is 1.32. The lowest BCUT2D eigenvalue weighted by Gasteiger charge is -2.36. The topological polar surface area (TPSA) is 18.5 Å². The van der Waals surface area contributed by atoms with Crippen molar-refractivity contribution < 1.29 is 9.16 Å². The van der Waals surface area contributed by atoms with Crippen molar-refractivity contribution in [2.75, 3.05) is 13.2 Å². The summed E-state index contributed by atoms with van der Waals surface area (Å²) >= 11 is 0. The summed E-state index contributed by atoms with van der Waals surface area (Å²) in [5.41, 5.74) is 0. The minimum absolute atomic E-state index is 0.0869. The van der Waals surface area contributed by atoms with E-state index in [9.17, 15) is 0 Å². The van der Waals surface area contributed by atoms with E-state index < -0.39 is 8.32 Å². The van der Waals surface area contributed by atoms with Crippen LogP contribution in [0.3, 0.4) is 0 Å². The number of rotatable bonds is 8. The summed E-state index contributed by atoms with van der Waals surface area (Å²) in [5.74, 6) is 5.73. The summed E-state index contributed by atoms with van der Waals surface area (Å²) in [7, 11) is -1.61. The van der Waals surface area contributed by atoms with E-state index in [4.69, 9.17) is 9.16 Å². The molecule has 0 aromatic heterocycles. The maximum Gasteiger partial charge on any atom is 0.191 e. The van der Waals surface area contributed by atoms with Gasteiger partial charge in [-0.2, -0.15) is 0 Å². The lowest BCUT2D eigenvalue weighted by Crippen LogP contribution is -2.41. The lowest BCUT2D eigenvalue weighted by atomic mass is 10.2. The van der Waals surface area contributed by atoms with E-state index in [1.54, 1.807) is 0 Å². The highest BCUT2D eigenvalue weighted by Crippen LogP contribution is 2.36. The van der Waals surface area contributed by atoms with Crippen molar-refractivity contribution >= 4 is 8.32 Å². The third-order valence-electron chi connectivity index (χ3n) is 3.71. The van der Waals surface area contributed by atoms with Crippen molar-refractivity contribution in [2.24, 2.45) is 0 Å². The predicted octanol–water partition coefficient (Wildman–Crippen LogP) is 4.38. The highest BCUT2D eigenvalue weighted by Gasteiger charge is 2.36. The molecule has 110 valence electrons. The Morgan fingerprint density at radius 2 is 1.95 bits per heavy atom. The zero-order valence-corrected chi connectivity index (χ0v) is 14.5. The summed E-state index contributed by atoms with van der Waals surface area (Å²) < 4.78 is 11.7. The molecule has 3 heteroatoms. The first-order chi connectivity index (χ1) is 8.74. The van der Waals surface area contributed by atoms with Crippen molar-refractivity contribution in [2.45, 2.75) is 64.8 Å². The minimum Gasteiger partial charge on any atom is -0.417 e. The van der Waals surface area contributed by atoms with Crippen LogP contribution in [0.5, 0.6) is 0 Å². The quantitative estimate of drug-likeness (QED) is 0.285. The van der Waals surface area contributed by atoms with Crippen LogP contribution in [0.25, 0.3) is 0 Å². The molecule has 0 rings (SSSR count). The van der Waals surface area contributed by atoms with Crippen LogP contribution in [0, 0.1) is 11.8 Å². The number of hydrogen-bond acceptors (Lipinski definition) is 2. The molecule has 0 amide bonds. The third kappa shape index (κ3) is 7.56. The fraction of sp³-hybridized carbons (Fsp3) is 0.750. The standard InChI is InChI=1S/C16H30O2Si/c1-8-10-13-17-15(9-2)12-11-14-18-19(6,7)16(3,4)5/h9,15H,2,11-14H2,1,3-7H3. The molecule has 19 heavy (non-hydrogen) atoms. The molecule has 0 fully saturated rings. The normalized spacial score (nSPS) is 13.6. The Labute approximate surface area is 120 Å². The summed E-state index contributed by atoms with van der Waals surface area (Å²) in [5, 5.41) is 0.276. The zero-order chi connectivity index (χ0) is 14.9. The van der Waals surface area contributed by atoms with Gasteiger partial charge in [0.05, 0.1) is 6.10 Å². The molecule has 0 aromatic rings. The van der Waals surface area contributed by atoms with E-state index in [1.807, 2.05) is 13.0 Å². The monoisotopic (exact) mass is 282 g/mol. The Morgan fingerprint density at radius 1 is 1.32 bits per heavy atom. The lowest BCUT2D eigenvalue weighted by molar-refractivity contribution is 0.100. The molecule has 0 aliphatic carbocycles. The van der Waals surface area contributed by atoms with Gasteiger partial charge in [0.25, 0.3) is 0 Å². The van der Waals surface area contributed by atoms with E-state index in [-0.39, 0.29) is 11.1 Å². The Morgan fingerprint density at radius 3 is 2.42 bits per heavy atom. The van der Waals surface area contributed by atoms with Gasteiger partial charge in [0, 0.05) is 6.61 Å². The summed E-state index contributed by atoms with van der Waals surface area (Å²) in [6.07, 6.45) is 3.89. The third-order valence-corrected chi connectivity index (χ3v) is 8.25. The second kappa shape index (κ2) is 8.58. The van der Waals surface area contributed by atoms with Gasteiger partial charge in [0.1, 0.15) is 6.61 Å². The smallest absolute Gasteiger partial charge is 0.191 e.